The van der Waals surface area contributed by atoms with E-state index in [2.05, 4.69) is 74.7 Å². The predicted molar refractivity (Wildman–Crippen MR) is 269 cm³/mol. The van der Waals surface area contributed by atoms with Crippen molar-refractivity contribution in [2.24, 2.45) is 0 Å². The third-order valence-electron chi connectivity index (χ3n) is 12.2. The molecule has 1 amide bonds. The number of nitrogens with one attached hydrogen (secondary N) is 1. The number of carbonyl (C=O) groups excluding carboxylic acids is 2. The van der Waals surface area contributed by atoms with Crippen molar-refractivity contribution in [1.29, 1.82) is 0 Å². The van der Waals surface area contributed by atoms with Crippen molar-refractivity contribution in [2.75, 3.05) is 6.61 Å². The molecule has 0 fully saturated rings. The molecule has 3 N–H and O–H groups in total. The van der Waals surface area contributed by atoms with Crippen molar-refractivity contribution in [2.45, 2.75) is 289 Å². The van der Waals surface area contributed by atoms with Gasteiger partial charge in [-0.1, -0.05) is 236 Å². The van der Waals surface area contributed by atoms with Gasteiger partial charge in [0.1, 0.15) is 6.10 Å². The van der Waals surface area contributed by atoms with E-state index in [0.29, 0.717) is 19.3 Å². The van der Waals surface area contributed by atoms with Gasteiger partial charge >= 0.3 is 5.97 Å². The number of hydrogen-bond acceptors (Lipinski definition) is 5. The van der Waals surface area contributed by atoms with Crippen LogP contribution < -0.4 is 5.32 Å². The third kappa shape index (κ3) is 44.4. The molecule has 0 saturated carbocycles. The molecule has 0 spiro atoms. The van der Waals surface area contributed by atoms with Crippen LogP contribution >= 0.6 is 0 Å². The molecular formula is C56H103NO5. The molecule has 62 heavy (non-hydrogen) atoms. The molecule has 3 unspecified atom stereocenters. The summed E-state index contributed by atoms with van der Waals surface area (Å²) in [5.41, 5.74) is 0. The zero-order chi connectivity index (χ0) is 45.2. The normalized spacial score (nSPS) is 13.6. The van der Waals surface area contributed by atoms with Gasteiger partial charge in [-0.05, 0) is 70.6 Å². The Hall–Kier alpha value is -2.18. The van der Waals surface area contributed by atoms with E-state index >= 15 is 0 Å². The first-order valence-electron chi connectivity index (χ1n) is 26.9. The zero-order valence-electron chi connectivity index (χ0n) is 41.3. The summed E-state index contributed by atoms with van der Waals surface area (Å²) in [4.78, 5) is 26.1. The van der Waals surface area contributed by atoms with E-state index in [0.717, 1.165) is 96.3 Å². The van der Waals surface area contributed by atoms with Crippen molar-refractivity contribution in [3.05, 3.63) is 48.6 Å². The van der Waals surface area contributed by atoms with Crippen LogP contribution in [0.3, 0.4) is 0 Å². The Kier molecular flexibility index (Phi) is 48.1. The first-order chi connectivity index (χ1) is 30.5. The minimum absolute atomic E-state index is 0.0588. The van der Waals surface area contributed by atoms with Gasteiger partial charge in [-0.15, -0.1) is 0 Å². The largest absolute Gasteiger partial charge is 0.462 e. The highest BCUT2D eigenvalue weighted by atomic mass is 16.5. The molecule has 6 heteroatoms. The lowest BCUT2D eigenvalue weighted by Crippen LogP contribution is -2.46. The average Bonchev–Trinajstić information content (AvgIpc) is 3.26. The summed E-state index contributed by atoms with van der Waals surface area (Å²) in [5, 5.41) is 23.8. The minimum Gasteiger partial charge on any atom is -0.462 e. The lowest BCUT2D eigenvalue weighted by Gasteiger charge is -2.24. The molecule has 0 heterocycles. The number of ether oxygens (including phenoxy) is 1. The number of esters is 1. The average molecular weight is 870 g/mol. The Bertz CT molecular complexity index is 1070. The van der Waals surface area contributed by atoms with E-state index in [4.69, 9.17) is 4.74 Å². The maximum Gasteiger partial charge on any atom is 0.306 e. The van der Waals surface area contributed by atoms with Crippen molar-refractivity contribution in [3.8, 4) is 0 Å². The van der Waals surface area contributed by atoms with Gasteiger partial charge in [-0.3, -0.25) is 9.59 Å². The first-order valence-corrected chi connectivity index (χ1v) is 26.9. The summed E-state index contributed by atoms with van der Waals surface area (Å²) in [6.07, 6.45) is 60.3. The molecule has 0 rings (SSSR count). The number of rotatable bonds is 48. The second-order valence-electron chi connectivity index (χ2n) is 18.3. The third-order valence-corrected chi connectivity index (χ3v) is 12.2. The fraction of sp³-hybridized carbons (Fsp3) is 0.821. The second kappa shape index (κ2) is 49.8. The Balaban J connectivity index is 4.54. The van der Waals surface area contributed by atoms with Crippen LogP contribution in [0.15, 0.2) is 48.6 Å². The molecule has 0 saturated heterocycles. The standard InChI is InChI=1S/C56H103NO5/c1-4-7-10-13-16-19-22-25-26-27-28-31-33-36-39-42-45-48-54(59)53(51-58)57-55(60)50-52(47-44-41-38-35-32-29-23-20-17-14-11-8-5-2)62-56(61)49-46-43-40-37-34-30-24-21-18-15-12-9-6-3/h8,11,14,17,20,23,30,34,52-54,58-59H,4-7,9-10,12-13,15-16,18-19,21-22,24-29,31-33,35-51H2,1-3H3,(H,57,60)/b11-8+,17-14+,23-20+,34-30-. The summed E-state index contributed by atoms with van der Waals surface area (Å²) in [7, 11) is 0. The molecule has 0 aromatic heterocycles. The highest BCUT2D eigenvalue weighted by Gasteiger charge is 2.24. The van der Waals surface area contributed by atoms with Crippen LogP contribution in [0.1, 0.15) is 271 Å². The smallest absolute Gasteiger partial charge is 0.306 e. The van der Waals surface area contributed by atoms with Crippen LogP contribution in [-0.4, -0.2) is 46.9 Å². The number of unbranched alkanes of at least 4 members (excludes halogenated alkanes) is 30. The summed E-state index contributed by atoms with van der Waals surface area (Å²) in [6, 6.07) is -0.711. The highest BCUT2D eigenvalue weighted by molar-refractivity contribution is 5.77. The maximum absolute atomic E-state index is 13.2. The molecule has 0 radical (unpaired) electrons. The van der Waals surface area contributed by atoms with Crippen LogP contribution in [0.5, 0.6) is 0 Å². The van der Waals surface area contributed by atoms with Gasteiger partial charge in [0, 0.05) is 6.42 Å². The SMILES string of the molecule is CC/C=C/C=C/C=C/CCCCCCCC(CC(=O)NC(CO)C(O)CCCCCCCCCCCCCCCCCCC)OC(=O)CCCCC/C=C\CCCCCCCC. The van der Waals surface area contributed by atoms with Crippen molar-refractivity contribution in [1.82, 2.24) is 5.32 Å². The molecule has 362 valence electrons. The fourth-order valence-electron chi connectivity index (χ4n) is 8.13. The quantitative estimate of drug-likeness (QED) is 0.0245. The number of carbonyl (C=O) groups is 2. The van der Waals surface area contributed by atoms with E-state index in [1.54, 1.807) is 0 Å². The van der Waals surface area contributed by atoms with Gasteiger partial charge in [0.25, 0.3) is 0 Å². The number of allylic oxidation sites excluding steroid dienone is 8. The van der Waals surface area contributed by atoms with Gasteiger partial charge in [-0.25, -0.2) is 0 Å². The number of aliphatic hydroxyl groups excluding tert-OH is 2. The summed E-state index contributed by atoms with van der Waals surface area (Å²) in [5.74, 6) is -0.507. The van der Waals surface area contributed by atoms with Crippen molar-refractivity contribution < 1.29 is 24.5 Å². The molecule has 0 aliphatic rings. The Morgan fingerprint density at radius 3 is 1.35 bits per heavy atom. The Morgan fingerprint density at radius 2 is 0.887 bits per heavy atom. The van der Waals surface area contributed by atoms with Gasteiger partial charge in [0.15, 0.2) is 0 Å². The van der Waals surface area contributed by atoms with E-state index in [9.17, 15) is 19.8 Å². The van der Waals surface area contributed by atoms with Crippen LogP contribution in [0.25, 0.3) is 0 Å². The van der Waals surface area contributed by atoms with Gasteiger partial charge in [-0.2, -0.15) is 0 Å². The molecule has 3 atom stereocenters. The van der Waals surface area contributed by atoms with Gasteiger partial charge < -0.3 is 20.3 Å². The second-order valence-corrected chi connectivity index (χ2v) is 18.3. The topological polar surface area (TPSA) is 95.9 Å². The van der Waals surface area contributed by atoms with E-state index < -0.39 is 18.2 Å². The van der Waals surface area contributed by atoms with Crippen LogP contribution in [-0.2, 0) is 14.3 Å². The van der Waals surface area contributed by atoms with E-state index in [1.165, 1.54) is 128 Å². The summed E-state index contributed by atoms with van der Waals surface area (Å²) in [6.45, 7) is 6.35. The predicted octanol–water partition coefficient (Wildman–Crippen LogP) is 16.2. The number of amides is 1. The Morgan fingerprint density at radius 1 is 0.484 bits per heavy atom. The number of aliphatic hydroxyl groups is 2. The fourth-order valence-corrected chi connectivity index (χ4v) is 8.13. The molecule has 0 aliphatic carbocycles. The molecule has 6 nitrogen and oxygen atoms in total. The lowest BCUT2D eigenvalue weighted by atomic mass is 10.0. The minimum atomic E-state index is -0.796. The monoisotopic (exact) mass is 870 g/mol. The van der Waals surface area contributed by atoms with Gasteiger partial charge in [0.05, 0.1) is 25.2 Å². The molecule has 0 bridgehead atoms. The van der Waals surface area contributed by atoms with Crippen LogP contribution in [0.2, 0.25) is 0 Å². The Labute approximate surface area is 385 Å². The van der Waals surface area contributed by atoms with E-state index in [-0.39, 0.29) is 24.9 Å². The molecule has 0 aromatic carbocycles. The van der Waals surface area contributed by atoms with Crippen LogP contribution in [0, 0.1) is 0 Å². The number of hydrogen-bond donors (Lipinski definition) is 3. The summed E-state index contributed by atoms with van der Waals surface area (Å²) >= 11 is 0. The highest BCUT2D eigenvalue weighted by Crippen LogP contribution is 2.18. The van der Waals surface area contributed by atoms with Crippen molar-refractivity contribution >= 4 is 11.9 Å². The molecule has 0 aromatic rings. The van der Waals surface area contributed by atoms with Crippen molar-refractivity contribution in [3.63, 3.8) is 0 Å². The summed E-state index contributed by atoms with van der Waals surface area (Å²) < 4.78 is 5.92. The first kappa shape index (κ1) is 59.8. The van der Waals surface area contributed by atoms with Gasteiger partial charge in [0.2, 0.25) is 5.91 Å². The molecular weight excluding hydrogens is 767 g/mol. The zero-order valence-corrected chi connectivity index (χ0v) is 41.3. The molecule has 0 aliphatic heterocycles. The maximum atomic E-state index is 13.2. The van der Waals surface area contributed by atoms with Crippen LogP contribution in [0.4, 0.5) is 0 Å². The van der Waals surface area contributed by atoms with E-state index in [1.807, 2.05) is 0 Å². The lowest BCUT2D eigenvalue weighted by molar-refractivity contribution is -0.151.